The number of halogens is 1. The molecule has 1 spiro atoms. The zero-order valence-corrected chi connectivity index (χ0v) is 18.0. The SMILES string of the molecule is CN=C(NCC(c1cccs1)N(C)C)N1CCC2(CCOC2)C1.I. The maximum atomic E-state index is 5.63. The lowest BCUT2D eigenvalue weighted by Crippen LogP contribution is -2.44. The molecule has 0 radical (unpaired) electrons. The summed E-state index contributed by atoms with van der Waals surface area (Å²) in [4.78, 5) is 10.6. The molecule has 3 heterocycles. The van der Waals surface area contributed by atoms with Gasteiger partial charge in [-0.05, 0) is 38.4 Å². The molecule has 0 aromatic carbocycles. The monoisotopic (exact) mass is 464 g/mol. The Kier molecular flexibility index (Phi) is 7.33. The van der Waals surface area contributed by atoms with Gasteiger partial charge in [-0.25, -0.2) is 0 Å². The highest BCUT2D eigenvalue weighted by Gasteiger charge is 2.42. The standard InChI is InChI=1S/C17H28N4OS.HI/c1-18-16(21-8-6-17(12-21)7-9-22-13-17)19-11-14(20(2)3)15-5-4-10-23-15;/h4-5,10,14H,6-9,11-13H2,1-3H3,(H,18,19);1H. The topological polar surface area (TPSA) is 40.1 Å². The number of hydrogen-bond acceptors (Lipinski definition) is 4. The van der Waals surface area contributed by atoms with E-state index in [9.17, 15) is 0 Å². The van der Waals surface area contributed by atoms with Gasteiger partial charge in [0.25, 0.3) is 0 Å². The molecule has 1 aromatic heterocycles. The average molecular weight is 464 g/mol. The molecule has 3 rings (SSSR count). The van der Waals surface area contributed by atoms with E-state index in [-0.39, 0.29) is 24.0 Å². The molecular formula is C17H29IN4OS. The molecule has 0 amide bonds. The van der Waals surface area contributed by atoms with Crippen molar-refractivity contribution in [2.24, 2.45) is 10.4 Å². The molecule has 24 heavy (non-hydrogen) atoms. The van der Waals surface area contributed by atoms with Crippen LogP contribution in [0, 0.1) is 5.41 Å². The minimum Gasteiger partial charge on any atom is -0.381 e. The fourth-order valence-electron chi connectivity index (χ4n) is 3.63. The fourth-order valence-corrected chi connectivity index (χ4v) is 4.55. The Labute approximate surface area is 166 Å². The van der Waals surface area contributed by atoms with Crippen molar-refractivity contribution in [2.75, 3.05) is 54.0 Å². The first-order chi connectivity index (χ1) is 11.1. The minimum atomic E-state index is 0. The highest BCUT2D eigenvalue weighted by atomic mass is 127. The molecule has 1 aromatic rings. The van der Waals surface area contributed by atoms with Crippen molar-refractivity contribution in [3.05, 3.63) is 22.4 Å². The van der Waals surface area contributed by atoms with E-state index in [1.807, 2.05) is 18.4 Å². The summed E-state index contributed by atoms with van der Waals surface area (Å²) in [6.07, 6.45) is 2.41. The van der Waals surface area contributed by atoms with Crippen LogP contribution >= 0.6 is 35.3 Å². The van der Waals surface area contributed by atoms with Crippen LogP contribution in [0.25, 0.3) is 0 Å². The molecule has 2 atom stereocenters. The number of rotatable bonds is 4. The Bertz CT molecular complexity index is 529. The second-order valence-corrected chi connectivity index (χ2v) is 7.88. The van der Waals surface area contributed by atoms with Gasteiger partial charge in [-0.3, -0.25) is 4.99 Å². The zero-order chi connectivity index (χ0) is 16.3. The molecule has 2 unspecified atom stereocenters. The van der Waals surface area contributed by atoms with Crippen LogP contribution in [0.5, 0.6) is 0 Å². The lowest BCUT2D eigenvalue weighted by molar-refractivity contribution is 0.156. The number of nitrogens with one attached hydrogen (secondary N) is 1. The van der Waals surface area contributed by atoms with E-state index >= 15 is 0 Å². The summed E-state index contributed by atoms with van der Waals surface area (Å²) >= 11 is 1.81. The number of nitrogens with zero attached hydrogens (tertiary/aromatic N) is 3. The van der Waals surface area contributed by atoms with Gasteiger partial charge in [0, 0.05) is 43.6 Å². The molecule has 0 bridgehead atoms. The second kappa shape index (κ2) is 8.82. The fraction of sp³-hybridized carbons (Fsp3) is 0.706. The van der Waals surface area contributed by atoms with Crippen LogP contribution in [-0.2, 0) is 4.74 Å². The zero-order valence-electron chi connectivity index (χ0n) is 14.8. The lowest BCUT2D eigenvalue weighted by Gasteiger charge is -2.28. The first-order valence-corrected chi connectivity index (χ1v) is 9.25. The molecule has 7 heteroatoms. The van der Waals surface area contributed by atoms with E-state index in [2.05, 4.69) is 51.7 Å². The van der Waals surface area contributed by atoms with Gasteiger partial charge in [-0.15, -0.1) is 35.3 Å². The summed E-state index contributed by atoms with van der Waals surface area (Å²) in [6.45, 7) is 4.85. The van der Waals surface area contributed by atoms with Gasteiger partial charge in [-0.1, -0.05) is 6.07 Å². The Morgan fingerprint density at radius 2 is 2.33 bits per heavy atom. The molecule has 5 nitrogen and oxygen atoms in total. The van der Waals surface area contributed by atoms with Crippen LogP contribution in [0.15, 0.2) is 22.5 Å². The number of likely N-dealkylation sites (N-methyl/N-ethyl adjacent to an activating group) is 1. The van der Waals surface area contributed by atoms with Crippen LogP contribution in [0.2, 0.25) is 0 Å². The van der Waals surface area contributed by atoms with Crippen molar-refractivity contribution in [1.29, 1.82) is 0 Å². The molecule has 2 saturated heterocycles. The van der Waals surface area contributed by atoms with Crippen molar-refractivity contribution in [3.63, 3.8) is 0 Å². The van der Waals surface area contributed by atoms with E-state index in [4.69, 9.17) is 4.74 Å². The minimum absolute atomic E-state index is 0. The van der Waals surface area contributed by atoms with Crippen molar-refractivity contribution >= 4 is 41.3 Å². The first kappa shape index (κ1) is 19.9. The van der Waals surface area contributed by atoms with E-state index in [0.717, 1.165) is 38.8 Å². The third-order valence-electron chi connectivity index (χ3n) is 5.08. The Morgan fingerprint density at radius 1 is 1.50 bits per heavy atom. The highest BCUT2D eigenvalue weighted by Crippen LogP contribution is 2.38. The Balaban J connectivity index is 0.00000208. The van der Waals surface area contributed by atoms with Crippen molar-refractivity contribution in [2.45, 2.75) is 18.9 Å². The predicted octanol–water partition coefficient (Wildman–Crippen LogP) is 2.66. The van der Waals surface area contributed by atoms with Gasteiger partial charge in [0.1, 0.15) is 0 Å². The molecule has 2 aliphatic heterocycles. The molecule has 1 N–H and O–H groups in total. The number of guanidine groups is 1. The molecule has 2 fully saturated rings. The van der Waals surface area contributed by atoms with Crippen LogP contribution < -0.4 is 5.32 Å². The van der Waals surface area contributed by atoms with Gasteiger partial charge in [0.05, 0.1) is 12.6 Å². The number of aliphatic imine (C=N–C) groups is 1. The Morgan fingerprint density at radius 3 is 2.92 bits per heavy atom. The van der Waals surface area contributed by atoms with Crippen LogP contribution in [-0.4, -0.2) is 69.8 Å². The average Bonchev–Trinajstić information content (AvgIpc) is 3.27. The van der Waals surface area contributed by atoms with Crippen molar-refractivity contribution in [3.8, 4) is 0 Å². The summed E-state index contributed by atoms with van der Waals surface area (Å²) in [5, 5.41) is 5.73. The normalized spacial score (nSPS) is 25.3. The third-order valence-corrected chi connectivity index (χ3v) is 6.06. The number of ether oxygens (including phenoxy) is 1. The van der Waals surface area contributed by atoms with Crippen LogP contribution in [0.4, 0.5) is 0 Å². The summed E-state index contributed by atoms with van der Waals surface area (Å²) in [6, 6.07) is 4.70. The second-order valence-electron chi connectivity index (χ2n) is 6.90. The first-order valence-electron chi connectivity index (χ1n) is 8.37. The van der Waals surface area contributed by atoms with Gasteiger partial charge < -0.3 is 19.9 Å². The van der Waals surface area contributed by atoms with Gasteiger partial charge in [0.2, 0.25) is 0 Å². The quantitative estimate of drug-likeness (QED) is 0.423. The highest BCUT2D eigenvalue weighted by molar-refractivity contribution is 14.0. The molecule has 136 valence electrons. The largest absolute Gasteiger partial charge is 0.381 e. The number of hydrogen-bond donors (Lipinski definition) is 1. The van der Waals surface area contributed by atoms with Crippen molar-refractivity contribution < 1.29 is 4.74 Å². The van der Waals surface area contributed by atoms with Gasteiger partial charge >= 0.3 is 0 Å². The van der Waals surface area contributed by atoms with Gasteiger partial charge in [0.15, 0.2) is 5.96 Å². The summed E-state index contributed by atoms with van der Waals surface area (Å²) in [5.41, 5.74) is 0.367. The van der Waals surface area contributed by atoms with E-state index in [1.165, 1.54) is 17.7 Å². The maximum absolute atomic E-state index is 5.63. The molecule has 0 aliphatic carbocycles. The van der Waals surface area contributed by atoms with E-state index in [1.54, 1.807) is 0 Å². The Hall–Kier alpha value is -0.380. The van der Waals surface area contributed by atoms with E-state index < -0.39 is 0 Å². The summed E-state index contributed by atoms with van der Waals surface area (Å²) < 4.78 is 5.63. The third kappa shape index (κ3) is 4.42. The van der Waals surface area contributed by atoms with Crippen LogP contribution in [0.3, 0.4) is 0 Å². The predicted molar refractivity (Wildman–Crippen MR) is 112 cm³/mol. The summed E-state index contributed by atoms with van der Waals surface area (Å²) in [5.74, 6) is 1.03. The molecule has 2 aliphatic rings. The van der Waals surface area contributed by atoms with Crippen LogP contribution in [0.1, 0.15) is 23.8 Å². The van der Waals surface area contributed by atoms with Gasteiger partial charge in [-0.2, -0.15) is 0 Å². The number of likely N-dealkylation sites (tertiary alicyclic amines) is 1. The summed E-state index contributed by atoms with van der Waals surface area (Å²) in [7, 11) is 6.15. The number of thiophene rings is 1. The maximum Gasteiger partial charge on any atom is 0.193 e. The van der Waals surface area contributed by atoms with Crippen molar-refractivity contribution in [1.82, 2.24) is 15.1 Å². The van der Waals surface area contributed by atoms with E-state index in [0.29, 0.717) is 11.5 Å². The molecular weight excluding hydrogens is 435 g/mol. The smallest absolute Gasteiger partial charge is 0.193 e. The molecule has 0 saturated carbocycles. The lowest BCUT2D eigenvalue weighted by atomic mass is 9.87.